The number of aliphatic imine (C=N–C) groups is 1. The number of rotatable bonds is 2. The van der Waals surface area contributed by atoms with E-state index in [-0.39, 0.29) is 5.41 Å². The summed E-state index contributed by atoms with van der Waals surface area (Å²) in [6.07, 6.45) is 2.99. The first-order valence-electron chi connectivity index (χ1n) is 3.36. The summed E-state index contributed by atoms with van der Waals surface area (Å²) in [5.74, 6) is 0. The molecule has 0 unspecified atom stereocenters. The van der Waals surface area contributed by atoms with E-state index in [0.29, 0.717) is 0 Å². The van der Waals surface area contributed by atoms with Crippen LogP contribution >= 0.6 is 22.6 Å². The number of nitrogens with zero attached hydrogens (tertiary/aromatic N) is 1. The maximum Gasteiger partial charge on any atom is 0.0654 e. The predicted molar refractivity (Wildman–Crippen MR) is 58.8 cm³/mol. The van der Waals surface area contributed by atoms with Crippen molar-refractivity contribution in [3.05, 3.63) is 11.8 Å². The van der Waals surface area contributed by atoms with Crippen LogP contribution < -0.4 is 0 Å². The van der Waals surface area contributed by atoms with Crippen LogP contribution in [0.5, 0.6) is 0 Å². The fourth-order valence-electron chi connectivity index (χ4n) is 0.618. The zero-order valence-corrected chi connectivity index (χ0v) is 9.21. The van der Waals surface area contributed by atoms with Crippen molar-refractivity contribution in [1.29, 1.82) is 5.41 Å². The third-order valence-electron chi connectivity index (χ3n) is 1.20. The number of nitrogens with one attached hydrogen (secondary N) is 1. The normalized spacial score (nSPS) is 14.0. The van der Waals surface area contributed by atoms with E-state index < -0.39 is 0 Å². The monoisotopic (exact) mass is 264 g/mol. The second-order valence-corrected chi connectivity index (χ2v) is 3.75. The second kappa shape index (κ2) is 4.64. The Morgan fingerprint density at radius 2 is 2.00 bits per heavy atom. The number of hydrogen-bond acceptors (Lipinski definition) is 2. The van der Waals surface area contributed by atoms with Gasteiger partial charge in [-0.05, 0) is 28.7 Å². The predicted octanol–water partition coefficient (Wildman–Crippen LogP) is 3.03. The van der Waals surface area contributed by atoms with Crippen molar-refractivity contribution in [2.75, 3.05) is 0 Å². The molecule has 0 aromatic carbocycles. The van der Waals surface area contributed by atoms with Crippen LogP contribution in [0.1, 0.15) is 20.8 Å². The lowest BCUT2D eigenvalue weighted by Crippen LogP contribution is -2.07. The Morgan fingerprint density at radius 1 is 1.45 bits per heavy atom. The van der Waals surface area contributed by atoms with Crippen LogP contribution in [0.15, 0.2) is 16.8 Å². The van der Waals surface area contributed by atoms with E-state index >= 15 is 0 Å². The van der Waals surface area contributed by atoms with Crippen LogP contribution in [0, 0.1) is 10.8 Å². The molecule has 0 aromatic heterocycles. The molecule has 0 bridgehead atoms. The molecule has 1 N–H and O–H groups in total. The average molecular weight is 264 g/mol. The smallest absolute Gasteiger partial charge is 0.0654 e. The highest BCUT2D eigenvalue weighted by Crippen LogP contribution is 2.25. The summed E-state index contributed by atoms with van der Waals surface area (Å²) >= 11 is 2.07. The van der Waals surface area contributed by atoms with E-state index in [1.165, 1.54) is 6.21 Å². The molecule has 0 rings (SSSR count). The number of hydrogen-bond donors (Lipinski definition) is 1. The van der Waals surface area contributed by atoms with Gasteiger partial charge in [-0.3, -0.25) is 4.99 Å². The Labute approximate surface area is 81.4 Å². The maximum atomic E-state index is 6.91. The molecular weight excluding hydrogens is 251 g/mol. The summed E-state index contributed by atoms with van der Waals surface area (Å²) in [6.45, 7) is 6.23. The van der Waals surface area contributed by atoms with Gasteiger partial charge < -0.3 is 5.41 Å². The standard InChI is InChI=1S/C8H13IN2/c1-8(2,3)7(4-5-10)11-6-9/h4-6,10H,1-3H3/b7-4-,10-5?,11-6?. The molecule has 11 heavy (non-hydrogen) atoms. The summed E-state index contributed by atoms with van der Waals surface area (Å²) in [4.78, 5) is 4.16. The van der Waals surface area contributed by atoms with Crippen LogP contribution in [-0.2, 0) is 0 Å². The molecule has 3 heteroatoms. The van der Waals surface area contributed by atoms with E-state index in [4.69, 9.17) is 5.41 Å². The van der Waals surface area contributed by atoms with Crippen molar-refractivity contribution in [2.45, 2.75) is 20.8 Å². The molecule has 0 amide bonds. The quantitative estimate of drug-likeness (QED) is 0.588. The van der Waals surface area contributed by atoms with Crippen LogP contribution in [0.3, 0.4) is 0 Å². The molecule has 0 aromatic rings. The van der Waals surface area contributed by atoms with E-state index in [9.17, 15) is 0 Å². The first kappa shape index (κ1) is 10.8. The van der Waals surface area contributed by atoms with E-state index in [0.717, 1.165) is 5.70 Å². The van der Waals surface area contributed by atoms with Crippen LogP contribution in [0.4, 0.5) is 0 Å². The zero-order chi connectivity index (χ0) is 8.91. The van der Waals surface area contributed by atoms with Crippen molar-refractivity contribution < 1.29 is 0 Å². The van der Waals surface area contributed by atoms with Crippen LogP contribution in [-0.4, -0.2) is 10.4 Å². The third kappa shape index (κ3) is 4.29. The highest BCUT2D eigenvalue weighted by molar-refractivity contribution is 14.1. The fourth-order valence-corrected chi connectivity index (χ4v) is 0.918. The summed E-state index contributed by atoms with van der Waals surface area (Å²) in [7, 11) is 0. The van der Waals surface area contributed by atoms with Gasteiger partial charge in [0.05, 0.1) is 4.22 Å². The molecule has 0 fully saturated rings. The molecule has 0 aliphatic heterocycles. The Balaban J connectivity index is 4.61. The summed E-state index contributed by atoms with van der Waals surface area (Å²) in [6, 6.07) is 0. The maximum absolute atomic E-state index is 6.91. The molecule has 0 aliphatic rings. The lowest BCUT2D eigenvalue weighted by Gasteiger charge is -2.17. The van der Waals surface area contributed by atoms with E-state index in [1.807, 2.05) is 0 Å². The van der Waals surface area contributed by atoms with Gasteiger partial charge in [0.2, 0.25) is 0 Å². The SMILES string of the molecule is CC(C)(C)/C(=C/C=N)N=CI. The lowest BCUT2D eigenvalue weighted by molar-refractivity contribution is 0.500. The molecule has 0 aliphatic carbocycles. The van der Waals surface area contributed by atoms with Gasteiger partial charge in [-0.2, -0.15) is 0 Å². The fraction of sp³-hybridized carbons (Fsp3) is 0.500. The topological polar surface area (TPSA) is 36.2 Å². The Kier molecular flexibility index (Phi) is 4.56. The number of halogens is 1. The molecule has 0 saturated carbocycles. The minimum absolute atomic E-state index is 0.0270. The molecule has 0 spiro atoms. The molecular formula is C8H13IN2. The molecule has 0 atom stereocenters. The van der Waals surface area contributed by atoms with Gasteiger partial charge in [-0.25, -0.2) is 0 Å². The first-order valence-corrected chi connectivity index (χ1v) is 4.61. The Hall–Kier alpha value is -0.190. The average Bonchev–Trinajstić information content (AvgIpc) is 1.85. The molecule has 62 valence electrons. The van der Waals surface area contributed by atoms with Crippen LogP contribution in [0.2, 0.25) is 0 Å². The summed E-state index contributed by atoms with van der Waals surface area (Å²) < 4.78 is 1.72. The minimum atomic E-state index is 0.0270. The summed E-state index contributed by atoms with van der Waals surface area (Å²) in [5, 5.41) is 6.91. The van der Waals surface area contributed by atoms with Gasteiger partial charge in [-0.1, -0.05) is 20.8 Å². The third-order valence-corrected chi connectivity index (χ3v) is 1.48. The van der Waals surface area contributed by atoms with Crippen molar-refractivity contribution >= 4 is 33.0 Å². The van der Waals surface area contributed by atoms with Crippen molar-refractivity contribution in [1.82, 2.24) is 0 Å². The lowest BCUT2D eigenvalue weighted by atomic mass is 9.92. The highest BCUT2D eigenvalue weighted by Gasteiger charge is 2.14. The first-order chi connectivity index (χ1) is 5.02. The minimum Gasteiger partial charge on any atom is -0.309 e. The van der Waals surface area contributed by atoms with Gasteiger partial charge in [0.15, 0.2) is 0 Å². The van der Waals surface area contributed by atoms with Gasteiger partial charge >= 0.3 is 0 Å². The van der Waals surface area contributed by atoms with Crippen molar-refractivity contribution in [3.8, 4) is 0 Å². The van der Waals surface area contributed by atoms with E-state index in [1.54, 1.807) is 10.3 Å². The van der Waals surface area contributed by atoms with Crippen molar-refractivity contribution in [3.63, 3.8) is 0 Å². The zero-order valence-electron chi connectivity index (χ0n) is 7.06. The van der Waals surface area contributed by atoms with Gasteiger partial charge in [0, 0.05) is 17.3 Å². The Morgan fingerprint density at radius 3 is 2.27 bits per heavy atom. The van der Waals surface area contributed by atoms with Gasteiger partial charge in [-0.15, -0.1) is 0 Å². The molecule has 0 heterocycles. The van der Waals surface area contributed by atoms with E-state index in [2.05, 4.69) is 48.4 Å². The Bertz CT molecular complexity index is 187. The molecule has 0 radical (unpaired) electrons. The molecule has 0 saturated heterocycles. The second-order valence-electron chi connectivity index (χ2n) is 3.20. The van der Waals surface area contributed by atoms with Gasteiger partial charge in [0.1, 0.15) is 0 Å². The highest BCUT2D eigenvalue weighted by atomic mass is 127. The summed E-state index contributed by atoms with van der Waals surface area (Å²) in [5.41, 5.74) is 0.959. The van der Waals surface area contributed by atoms with Crippen molar-refractivity contribution in [2.24, 2.45) is 10.4 Å². The molecule has 2 nitrogen and oxygen atoms in total. The van der Waals surface area contributed by atoms with Gasteiger partial charge in [0.25, 0.3) is 0 Å². The van der Waals surface area contributed by atoms with Crippen LogP contribution in [0.25, 0.3) is 0 Å². The number of allylic oxidation sites excluding steroid dienone is 2. The largest absolute Gasteiger partial charge is 0.309 e.